The van der Waals surface area contributed by atoms with Crippen molar-refractivity contribution >= 4 is 63.1 Å². The van der Waals surface area contributed by atoms with E-state index in [1.165, 1.54) is 24.3 Å². The summed E-state index contributed by atoms with van der Waals surface area (Å²) in [4.78, 5) is 1.38. The first-order valence-electron chi connectivity index (χ1n) is 20.5. The molecule has 3 heterocycles. The number of aryl methyl sites for hydroxylation is 1. The normalized spacial score (nSPS) is 18.8. The van der Waals surface area contributed by atoms with E-state index in [1.54, 1.807) is 24.3 Å². The Morgan fingerprint density at radius 2 is 1.28 bits per heavy atom. The van der Waals surface area contributed by atoms with E-state index in [4.69, 9.17) is 9.47 Å². The maximum Gasteiger partial charge on any atom is 0.294 e. The van der Waals surface area contributed by atoms with Gasteiger partial charge in [0.15, 0.2) is 5.71 Å². The molecule has 0 atom stereocenters. The molecule has 0 radical (unpaired) electrons. The number of ether oxygens (including phenoxy) is 2. The van der Waals surface area contributed by atoms with E-state index >= 15 is 0 Å². The van der Waals surface area contributed by atoms with Crippen molar-refractivity contribution in [2.75, 3.05) is 36.3 Å². The van der Waals surface area contributed by atoms with Gasteiger partial charge < -0.3 is 14.4 Å². The minimum Gasteiger partial charge on any atom is -0.457 e. The van der Waals surface area contributed by atoms with Crippen molar-refractivity contribution in [3.05, 3.63) is 124 Å². The summed E-state index contributed by atoms with van der Waals surface area (Å²) in [5, 5.41) is 0. The number of nitrogens with zero attached hydrogens (tertiary/aromatic N) is 2. The van der Waals surface area contributed by atoms with Gasteiger partial charge in [0.25, 0.3) is 40.5 Å². The lowest BCUT2D eigenvalue weighted by Gasteiger charge is -2.28. The minimum atomic E-state index is -4.54. The second-order valence-corrected chi connectivity index (χ2v) is 22.8. The second-order valence-electron chi connectivity index (χ2n) is 16.8. The number of hydrogen-bond acceptors (Lipinski definition) is 11. The first kappa shape index (κ1) is 48.8. The highest BCUT2D eigenvalue weighted by Crippen LogP contribution is 2.49. The van der Waals surface area contributed by atoms with E-state index in [1.807, 2.05) is 80.5 Å². The number of rotatable bonds is 17. The van der Waals surface area contributed by atoms with Crippen LogP contribution in [0.3, 0.4) is 0 Å². The van der Waals surface area contributed by atoms with Gasteiger partial charge in [-0.1, -0.05) is 45.0 Å². The van der Waals surface area contributed by atoms with Crippen molar-refractivity contribution in [2.45, 2.75) is 87.3 Å². The molecule has 0 unspecified atom stereocenters. The predicted octanol–water partition coefficient (Wildman–Crippen LogP) is 6.99. The Labute approximate surface area is 375 Å². The lowest BCUT2D eigenvalue weighted by atomic mass is 9.81. The molecular formula is C44H53N2O14S4+. The maximum atomic E-state index is 12.2. The topological polar surface area (TPSA) is 242 Å². The summed E-state index contributed by atoms with van der Waals surface area (Å²) in [5.74, 6) is -0.0375. The molecule has 3 aliphatic heterocycles. The molecule has 4 N–H and O–H groups in total. The summed E-state index contributed by atoms with van der Waals surface area (Å²) in [6, 6.07) is 16.5. The molecule has 20 heteroatoms. The minimum absolute atomic E-state index is 0.157. The third-order valence-corrected chi connectivity index (χ3v) is 15.1. The van der Waals surface area contributed by atoms with Gasteiger partial charge in [-0.15, -0.1) is 0 Å². The Hall–Kier alpha value is -4.67. The van der Waals surface area contributed by atoms with E-state index in [0.29, 0.717) is 76.9 Å². The molecule has 3 aromatic rings. The molecule has 64 heavy (non-hydrogen) atoms. The van der Waals surface area contributed by atoms with Gasteiger partial charge in [-0.2, -0.15) is 38.2 Å². The molecule has 0 saturated heterocycles. The zero-order valence-corrected chi connectivity index (χ0v) is 39.3. The lowest BCUT2D eigenvalue weighted by Crippen LogP contribution is -2.28. The smallest absolute Gasteiger partial charge is 0.294 e. The number of benzene rings is 3. The standard InChI is InChI=1S/C44H52N2O14S4/c1-6-30-11-13-31(14-12-30)42-38(19-21-40-43(2,3)34-27-32(63(53,54)55)15-17-36(34)45(40)23-7-9-25-61(47,48)49)59-29-60-39(42)20-22-41-44(4,5)35-28-33(64(56,57)58)16-18-37(35)46(41)24-8-10-26-62(50,51)52/h11-22,27-28H,6-10,23-26,29H2,1-5H3,(H3-,47,48,49,50,51,52,53,54,55,56,57,58)/p+1. The molecule has 0 saturated carbocycles. The molecule has 0 bridgehead atoms. The highest BCUT2D eigenvalue weighted by molar-refractivity contribution is 7.86. The third-order valence-electron chi connectivity index (χ3n) is 11.7. The van der Waals surface area contributed by atoms with Crippen LogP contribution in [0.2, 0.25) is 0 Å². The first-order valence-corrected chi connectivity index (χ1v) is 26.6. The molecular weight excluding hydrogens is 909 g/mol. The van der Waals surface area contributed by atoms with E-state index in [0.717, 1.165) is 17.5 Å². The molecule has 6 rings (SSSR count). The Morgan fingerprint density at radius 1 is 0.688 bits per heavy atom. The number of fused-ring (bicyclic) bond motifs is 2. The highest BCUT2D eigenvalue weighted by Gasteiger charge is 2.45. The van der Waals surface area contributed by atoms with Gasteiger partial charge in [0.1, 0.15) is 18.1 Å². The van der Waals surface area contributed by atoms with Crippen molar-refractivity contribution in [1.29, 1.82) is 0 Å². The lowest BCUT2D eigenvalue weighted by molar-refractivity contribution is -0.438. The molecule has 0 aliphatic carbocycles. The van der Waals surface area contributed by atoms with Crippen LogP contribution >= 0.6 is 0 Å². The fraction of sp³-hybridized carbons (Fsp3) is 0.386. The van der Waals surface area contributed by atoms with Crippen LogP contribution in [0.4, 0.5) is 11.4 Å². The predicted molar refractivity (Wildman–Crippen MR) is 242 cm³/mol. The van der Waals surface area contributed by atoms with Crippen LogP contribution in [-0.2, 0) is 67.2 Å². The molecule has 0 amide bonds. The Bertz CT molecular complexity index is 2950. The summed E-state index contributed by atoms with van der Waals surface area (Å²) in [7, 11) is -17.5. The van der Waals surface area contributed by atoms with Gasteiger partial charge in [-0.3, -0.25) is 18.2 Å². The average Bonchev–Trinajstić information content (AvgIpc) is 3.55. The monoisotopic (exact) mass is 961 g/mol. The SMILES string of the molecule is CCc1ccc(C2=C(/C=C/C3=[N+](CCCCS(=O)(=O)O)c4ccc(S(=O)(=O)O)cc4C3(C)C)OCO/C2=C\C=C2\N(CCCCS(=O)(=O)O)c3ccc(S(=O)(=O)O)cc3C2(C)C)cc1. The molecule has 3 aliphatic rings. The van der Waals surface area contributed by atoms with Gasteiger partial charge >= 0.3 is 0 Å². The molecule has 3 aromatic carbocycles. The Morgan fingerprint density at radius 3 is 1.88 bits per heavy atom. The van der Waals surface area contributed by atoms with Crippen LogP contribution in [0, 0.1) is 0 Å². The molecule has 0 aromatic heterocycles. The quantitative estimate of drug-likeness (QED) is 0.0605. The maximum absolute atomic E-state index is 12.2. The molecule has 0 fully saturated rings. The van der Waals surface area contributed by atoms with Gasteiger partial charge in [-0.25, -0.2) is 0 Å². The zero-order chi connectivity index (χ0) is 47.0. The fourth-order valence-electron chi connectivity index (χ4n) is 8.41. The largest absolute Gasteiger partial charge is 0.457 e. The van der Waals surface area contributed by atoms with E-state index in [2.05, 4.69) is 0 Å². The van der Waals surface area contributed by atoms with Crippen LogP contribution < -0.4 is 4.90 Å². The second kappa shape index (κ2) is 18.3. The molecule has 346 valence electrons. The number of allylic oxidation sites excluding steroid dienone is 6. The zero-order valence-electron chi connectivity index (χ0n) is 36.1. The van der Waals surface area contributed by atoms with Crippen molar-refractivity contribution in [1.82, 2.24) is 0 Å². The fourth-order valence-corrected chi connectivity index (χ4v) is 10.6. The third kappa shape index (κ3) is 10.9. The van der Waals surface area contributed by atoms with Crippen LogP contribution in [-0.4, -0.2) is 93.6 Å². The van der Waals surface area contributed by atoms with E-state index in [9.17, 15) is 51.9 Å². The summed E-state index contributed by atoms with van der Waals surface area (Å²) >= 11 is 0. The van der Waals surface area contributed by atoms with Crippen molar-refractivity contribution in [3.63, 3.8) is 0 Å². The summed E-state index contributed by atoms with van der Waals surface area (Å²) in [5.41, 5.74) is 4.66. The van der Waals surface area contributed by atoms with Crippen molar-refractivity contribution in [2.24, 2.45) is 0 Å². The van der Waals surface area contributed by atoms with Crippen LogP contribution in [0.15, 0.2) is 112 Å². The van der Waals surface area contributed by atoms with Gasteiger partial charge in [0.05, 0.1) is 32.3 Å². The Kier molecular flexibility index (Phi) is 14.0. The van der Waals surface area contributed by atoms with Gasteiger partial charge in [0, 0.05) is 47.5 Å². The number of hydrogen-bond donors (Lipinski definition) is 4. The van der Waals surface area contributed by atoms with E-state index in [-0.39, 0.29) is 29.4 Å². The van der Waals surface area contributed by atoms with Crippen molar-refractivity contribution < 1.29 is 65.9 Å². The highest BCUT2D eigenvalue weighted by atomic mass is 32.2. The summed E-state index contributed by atoms with van der Waals surface area (Å²) in [6.45, 7) is 10.0. The molecule has 16 nitrogen and oxygen atoms in total. The van der Waals surface area contributed by atoms with Gasteiger partial charge in [0.2, 0.25) is 12.5 Å². The molecule has 0 spiro atoms. The van der Waals surface area contributed by atoms with E-state index < -0.39 is 62.8 Å². The average molecular weight is 962 g/mol. The van der Waals surface area contributed by atoms with Crippen LogP contribution in [0.25, 0.3) is 5.57 Å². The first-order chi connectivity index (χ1) is 29.7. The summed E-state index contributed by atoms with van der Waals surface area (Å²) < 4.78 is 148. The number of anilines is 1. The van der Waals surface area contributed by atoms with Crippen molar-refractivity contribution in [3.8, 4) is 0 Å². The van der Waals surface area contributed by atoms with Crippen LogP contribution in [0.5, 0.6) is 0 Å². The number of unbranched alkanes of at least 4 members (excludes halogenated alkanes) is 2. The Balaban J connectivity index is 1.48. The van der Waals surface area contributed by atoms with Gasteiger partial charge in [-0.05, 0) is 105 Å². The van der Waals surface area contributed by atoms with Crippen LogP contribution in [0.1, 0.15) is 82.6 Å². The summed E-state index contributed by atoms with van der Waals surface area (Å²) in [6.07, 6.45) is 9.03.